The van der Waals surface area contributed by atoms with Crippen molar-refractivity contribution >= 4 is 22.9 Å². The quantitative estimate of drug-likeness (QED) is 0.880. The van der Waals surface area contributed by atoms with E-state index in [1.807, 2.05) is 32.0 Å². The molecule has 2 heterocycles. The first-order chi connectivity index (χ1) is 11.1. The van der Waals surface area contributed by atoms with Crippen LogP contribution in [0.1, 0.15) is 41.9 Å². The molecule has 23 heavy (non-hydrogen) atoms. The highest BCUT2D eigenvalue weighted by atomic mass is 32.1. The van der Waals surface area contributed by atoms with Crippen LogP contribution in [-0.2, 0) is 11.3 Å². The summed E-state index contributed by atoms with van der Waals surface area (Å²) in [7, 11) is 0. The zero-order chi connectivity index (χ0) is 16.4. The maximum atomic E-state index is 11.8. The van der Waals surface area contributed by atoms with E-state index in [9.17, 15) is 4.79 Å². The number of fused-ring (bicyclic) bond motifs is 1. The highest BCUT2D eigenvalue weighted by Gasteiger charge is 2.26. The van der Waals surface area contributed by atoms with Gasteiger partial charge in [-0.05, 0) is 38.0 Å². The van der Waals surface area contributed by atoms with Crippen LogP contribution in [0.25, 0.3) is 0 Å². The molecule has 1 aliphatic heterocycles. The Bertz CT molecular complexity index is 716. The molecule has 1 aromatic carbocycles. The third-order valence-corrected chi connectivity index (χ3v) is 4.66. The van der Waals surface area contributed by atoms with Crippen LogP contribution < -0.4 is 15.4 Å². The lowest BCUT2D eigenvalue weighted by molar-refractivity contribution is -0.123. The summed E-state index contributed by atoms with van der Waals surface area (Å²) < 4.78 is 5.79. The lowest BCUT2D eigenvalue weighted by atomic mass is 10.1. The first kappa shape index (κ1) is 15.9. The zero-order valence-electron chi connectivity index (χ0n) is 13.4. The normalized spacial score (nSPS) is 18.0. The molecule has 1 aliphatic rings. The molecule has 0 unspecified atom stereocenters. The largest absolute Gasteiger partial charge is 0.478 e. The summed E-state index contributed by atoms with van der Waals surface area (Å²) in [6.07, 6.45) is 0.241. The summed E-state index contributed by atoms with van der Waals surface area (Å²) >= 11 is 1.59. The summed E-state index contributed by atoms with van der Waals surface area (Å²) in [6, 6.07) is 6.02. The van der Waals surface area contributed by atoms with Gasteiger partial charge in [0.15, 0.2) is 6.10 Å². The van der Waals surface area contributed by atoms with Gasteiger partial charge in [0.25, 0.3) is 5.91 Å². The van der Waals surface area contributed by atoms with Crippen molar-refractivity contribution in [1.29, 1.82) is 0 Å². The van der Waals surface area contributed by atoms with Crippen LogP contribution >= 0.6 is 11.3 Å². The number of nitrogens with one attached hydrogen (secondary N) is 2. The minimum absolute atomic E-state index is 0.0782. The van der Waals surface area contributed by atoms with Gasteiger partial charge in [0.1, 0.15) is 15.8 Å². The summed E-state index contributed by atoms with van der Waals surface area (Å²) in [5.74, 6) is 0.653. The Balaban J connectivity index is 1.69. The van der Waals surface area contributed by atoms with Crippen molar-refractivity contribution in [3.05, 3.63) is 33.8 Å². The fourth-order valence-corrected chi connectivity index (χ4v) is 3.12. The summed E-state index contributed by atoms with van der Waals surface area (Å²) in [6.45, 7) is 6.66. The Morgan fingerprint density at radius 3 is 2.96 bits per heavy atom. The van der Waals surface area contributed by atoms with Crippen molar-refractivity contribution in [3.63, 3.8) is 0 Å². The number of aromatic nitrogens is 2. The Morgan fingerprint density at radius 2 is 2.26 bits per heavy atom. The van der Waals surface area contributed by atoms with Crippen molar-refractivity contribution in [2.45, 2.75) is 45.9 Å². The smallest absolute Gasteiger partial charge is 0.265 e. The second kappa shape index (κ2) is 6.64. The molecular weight excluding hydrogens is 312 g/mol. The van der Waals surface area contributed by atoms with Gasteiger partial charge in [-0.25, -0.2) is 0 Å². The molecule has 0 spiro atoms. The summed E-state index contributed by atoms with van der Waals surface area (Å²) in [5.41, 5.74) is 1.84. The Kier molecular flexibility index (Phi) is 4.58. The van der Waals surface area contributed by atoms with Gasteiger partial charge in [0.05, 0.1) is 12.2 Å². The molecule has 3 rings (SSSR count). The number of carbonyl (C=O) groups is 1. The highest BCUT2D eigenvalue weighted by Crippen LogP contribution is 2.33. The lowest BCUT2D eigenvalue weighted by Gasteiger charge is -2.26. The predicted molar refractivity (Wildman–Crippen MR) is 89.7 cm³/mol. The molecule has 122 valence electrons. The van der Waals surface area contributed by atoms with Crippen molar-refractivity contribution in [1.82, 2.24) is 15.5 Å². The monoisotopic (exact) mass is 332 g/mol. The van der Waals surface area contributed by atoms with E-state index < -0.39 is 6.10 Å². The fourth-order valence-electron chi connectivity index (χ4n) is 2.46. The molecule has 0 bridgehead atoms. The van der Waals surface area contributed by atoms with E-state index in [1.54, 1.807) is 11.3 Å². The molecule has 2 aromatic rings. The van der Waals surface area contributed by atoms with E-state index in [4.69, 9.17) is 4.74 Å². The predicted octanol–water partition coefficient (Wildman–Crippen LogP) is 2.81. The van der Waals surface area contributed by atoms with Crippen LogP contribution in [0.3, 0.4) is 0 Å². The number of benzene rings is 1. The lowest BCUT2D eigenvalue weighted by Crippen LogP contribution is -2.36. The molecular formula is C16H20N4O2S. The molecule has 0 saturated carbocycles. The SMILES string of the molecule is CC[C@H]1Oc2cc([C@H](C)NCc3nnc(C)s3)ccc2NC1=O. The number of nitrogens with zero attached hydrogens (tertiary/aromatic N) is 2. The molecule has 2 N–H and O–H groups in total. The second-order valence-corrected chi connectivity index (χ2v) is 6.84. The molecule has 0 fully saturated rings. The Morgan fingerprint density at radius 1 is 1.43 bits per heavy atom. The van der Waals surface area contributed by atoms with Gasteiger partial charge in [0.2, 0.25) is 0 Å². The molecule has 1 aromatic heterocycles. The van der Waals surface area contributed by atoms with Gasteiger partial charge >= 0.3 is 0 Å². The Hall–Kier alpha value is -1.99. The highest BCUT2D eigenvalue weighted by molar-refractivity contribution is 7.11. The zero-order valence-corrected chi connectivity index (χ0v) is 14.2. The number of carbonyl (C=O) groups excluding carboxylic acids is 1. The van der Waals surface area contributed by atoms with Gasteiger partial charge in [-0.3, -0.25) is 4.79 Å². The van der Waals surface area contributed by atoms with Gasteiger partial charge in [-0.15, -0.1) is 21.5 Å². The summed E-state index contributed by atoms with van der Waals surface area (Å²) in [5, 5.41) is 16.4. The molecule has 0 aliphatic carbocycles. The maximum Gasteiger partial charge on any atom is 0.265 e. The van der Waals surface area contributed by atoms with Crippen LogP contribution in [-0.4, -0.2) is 22.2 Å². The van der Waals surface area contributed by atoms with Crippen molar-refractivity contribution in [3.8, 4) is 5.75 Å². The molecule has 7 heteroatoms. The van der Waals surface area contributed by atoms with Crippen molar-refractivity contribution in [2.75, 3.05) is 5.32 Å². The van der Waals surface area contributed by atoms with Crippen LogP contribution in [0.5, 0.6) is 5.75 Å². The molecule has 1 amide bonds. The van der Waals surface area contributed by atoms with E-state index in [1.165, 1.54) is 0 Å². The number of ether oxygens (including phenoxy) is 1. The molecule has 6 nitrogen and oxygen atoms in total. The van der Waals surface area contributed by atoms with E-state index in [-0.39, 0.29) is 11.9 Å². The topological polar surface area (TPSA) is 76.1 Å². The second-order valence-electron chi connectivity index (χ2n) is 5.58. The number of hydrogen-bond acceptors (Lipinski definition) is 6. The molecule has 2 atom stereocenters. The number of amides is 1. The average molecular weight is 332 g/mol. The molecule has 0 saturated heterocycles. The van der Waals surface area contributed by atoms with Crippen LogP contribution in [0.4, 0.5) is 5.69 Å². The van der Waals surface area contributed by atoms with Crippen LogP contribution in [0.2, 0.25) is 0 Å². The van der Waals surface area contributed by atoms with Crippen LogP contribution in [0, 0.1) is 6.92 Å². The minimum Gasteiger partial charge on any atom is -0.478 e. The number of rotatable bonds is 5. The van der Waals surface area contributed by atoms with Gasteiger partial charge in [-0.1, -0.05) is 13.0 Å². The minimum atomic E-state index is -0.412. The average Bonchev–Trinajstić information content (AvgIpc) is 2.97. The van der Waals surface area contributed by atoms with Gasteiger partial charge < -0.3 is 15.4 Å². The fraction of sp³-hybridized carbons (Fsp3) is 0.438. The molecule has 0 radical (unpaired) electrons. The first-order valence-corrected chi connectivity index (χ1v) is 8.52. The van der Waals surface area contributed by atoms with Gasteiger partial charge in [0, 0.05) is 6.04 Å². The van der Waals surface area contributed by atoms with Crippen molar-refractivity contribution in [2.24, 2.45) is 0 Å². The number of hydrogen-bond donors (Lipinski definition) is 2. The van der Waals surface area contributed by atoms with E-state index in [2.05, 4.69) is 27.8 Å². The number of anilines is 1. The first-order valence-electron chi connectivity index (χ1n) is 7.70. The summed E-state index contributed by atoms with van der Waals surface area (Å²) in [4.78, 5) is 11.8. The van der Waals surface area contributed by atoms with Crippen LogP contribution in [0.15, 0.2) is 18.2 Å². The third kappa shape index (κ3) is 3.51. The van der Waals surface area contributed by atoms with Gasteiger partial charge in [-0.2, -0.15) is 0 Å². The number of aryl methyl sites for hydroxylation is 1. The standard InChI is InChI=1S/C16H20N4O2S/c1-4-13-16(21)18-12-6-5-11(7-14(12)22-13)9(2)17-8-15-20-19-10(3)23-15/h5-7,9,13,17H,4,8H2,1-3H3,(H,18,21)/t9-,13+/m0/s1. The van der Waals surface area contributed by atoms with E-state index >= 15 is 0 Å². The Labute approximate surface area is 139 Å². The van der Waals surface area contributed by atoms with E-state index in [0.717, 1.165) is 27.0 Å². The van der Waals surface area contributed by atoms with Crippen molar-refractivity contribution < 1.29 is 9.53 Å². The maximum absolute atomic E-state index is 11.8. The third-order valence-electron chi connectivity index (χ3n) is 3.82. The van der Waals surface area contributed by atoms with E-state index in [0.29, 0.717) is 13.0 Å².